The number of aryl methyl sites for hydroxylation is 1. The third-order valence-corrected chi connectivity index (χ3v) is 2.82. The van der Waals surface area contributed by atoms with Crippen molar-refractivity contribution in [1.29, 1.82) is 0 Å². The van der Waals surface area contributed by atoms with Gasteiger partial charge < -0.3 is 4.57 Å². The number of rotatable bonds is 5. The minimum absolute atomic E-state index is 0.277. The number of hydrogen-bond acceptors (Lipinski definition) is 3. The summed E-state index contributed by atoms with van der Waals surface area (Å²) in [6, 6.07) is 6.08. The molecule has 1 unspecified atom stereocenters. The molecular weight excluding hydrogens is 231 g/mol. The van der Waals surface area contributed by atoms with E-state index in [0.717, 1.165) is 24.4 Å². The second-order valence-electron chi connectivity index (χ2n) is 4.13. The highest BCUT2D eigenvalue weighted by molar-refractivity contribution is 5.25. The molecule has 1 heterocycles. The molecule has 0 aliphatic rings. The third-order valence-electron chi connectivity index (χ3n) is 2.82. The average Bonchev–Trinajstić information content (AvgIpc) is 2.79. The summed E-state index contributed by atoms with van der Waals surface area (Å²) in [6.07, 6.45) is 4.64. The van der Waals surface area contributed by atoms with E-state index in [0.29, 0.717) is 0 Å². The van der Waals surface area contributed by atoms with Gasteiger partial charge in [0.1, 0.15) is 17.7 Å². The molecule has 0 fully saturated rings. The van der Waals surface area contributed by atoms with Crippen molar-refractivity contribution in [3.8, 4) is 0 Å². The van der Waals surface area contributed by atoms with Crippen molar-refractivity contribution in [3.63, 3.8) is 0 Å². The first-order valence-electron chi connectivity index (χ1n) is 5.99. The maximum atomic E-state index is 13.3. The zero-order valence-electron chi connectivity index (χ0n) is 10.3. The summed E-state index contributed by atoms with van der Waals surface area (Å²) >= 11 is 0. The normalized spacial score (nSPS) is 12.6. The highest BCUT2D eigenvalue weighted by Gasteiger charge is 2.17. The molecule has 0 saturated carbocycles. The zero-order chi connectivity index (χ0) is 13.0. The van der Waals surface area contributed by atoms with Crippen LogP contribution in [0.2, 0.25) is 0 Å². The van der Waals surface area contributed by atoms with Gasteiger partial charge in [0.2, 0.25) is 0 Å². The van der Waals surface area contributed by atoms with E-state index >= 15 is 0 Å². The van der Waals surface area contributed by atoms with Gasteiger partial charge in [-0.1, -0.05) is 19.1 Å². The predicted molar refractivity (Wildman–Crippen MR) is 68.1 cm³/mol. The quantitative estimate of drug-likeness (QED) is 0.628. The van der Waals surface area contributed by atoms with Crippen LogP contribution in [0.4, 0.5) is 4.39 Å². The number of halogens is 1. The summed E-state index contributed by atoms with van der Waals surface area (Å²) in [4.78, 5) is 4.31. The number of benzene rings is 1. The Morgan fingerprint density at radius 2 is 2.33 bits per heavy atom. The molecule has 0 saturated heterocycles. The van der Waals surface area contributed by atoms with E-state index in [9.17, 15) is 4.39 Å². The van der Waals surface area contributed by atoms with Crippen molar-refractivity contribution in [1.82, 2.24) is 15.0 Å². The number of nitrogens with one attached hydrogen (secondary N) is 1. The van der Waals surface area contributed by atoms with Crippen LogP contribution in [0.1, 0.15) is 30.8 Å². The monoisotopic (exact) mass is 248 g/mol. The second kappa shape index (κ2) is 5.75. The molecule has 0 spiro atoms. The standard InChI is InChI=1S/C13H17FN4/c1-2-7-18-8-6-16-13(18)12(17-15)10-4-3-5-11(14)9-10/h3-6,8-9,12,17H,2,7,15H2,1H3. The molecule has 96 valence electrons. The number of nitrogens with two attached hydrogens (primary N) is 1. The molecule has 0 aliphatic heterocycles. The van der Waals surface area contributed by atoms with Crippen LogP contribution in [0, 0.1) is 5.82 Å². The average molecular weight is 248 g/mol. The topological polar surface area (TPSA) is 55.9 Å². The van der Waals surface area contributed by atoms with Crippen LogP contribution in [0.15, 0.2) is 36.7 Å². The van der Waals surface area contributed by atoms with E-state index in [1.807, 2.05) is 16.8 Å². The first kappa shape index (κ1) is 12.7. The van der Waals surface area contributed by atoms with E-state index in [4.69, 9.17) is 5.84 Å². The Balaban J connectivity index is 2.36. The Labute approximate surface area is 106 Å². The Bertz CT molecular complexity index is 509. The number of imidazole rings is 1. The molecule has 2 aromatic rings. The zero-order valence-corrected chi connectivity index (χ0v) is 10.3. The van der Waals surface area contributed by atoms with Crippen LogP contribution in [0.5, 0.6) is 0 Å². The minimum Gasteiger partial charge on any atom is -0.333 e. The molecule has 18 heavy (non-hydrogen) atoms. The molecular formula is C13H17FN4. The van der Waals surface area contributed by atoms with Gasteiger partial charge in [0.15, 0.2) is 0 Å². The molecule has 5 heteroatoms. The van der Waals surface area contributed by atoms with Gasteiger partial charge in [-0.05, 0) is 24.1 Å². The minimum atomic E-state index is -0.303. The van der Waals surface area contributed by atoms with E-state index in [2.05, 4.69) is 17.3 Å². The van der Waals surface area contributed by atoms with Crippen molar-refractivity contribution >= 4 is 0 Å². The Hall–Kier alpha value is -1.72. The van der Waals surface area contributed by atoms with Gasteiger partial charge in [-0.25, -0.2) is 14.8 Å². The van der Waals surface area contributed by atoms with Crippen LogP contribution >= 0.6 is 0 Å². The van der Waals surface area contributed by atoms with Crippen LogP contribution in [-0.4, -0.2) is 9.55 Å². The molecule has 4 nitrogen and oxygen atoms in total. The van der Waals surface area contributed by atoms with Crippen LogP contribution in [0.3, 0.4) is 0 Å². The van der Waals surface area contributed by atoms with Gasteiger partial charge in [0.25, 0.3) is 0 Å². The van der Waals surface area contributed by atoms with Gasteiger partial charge in [-0.3, -0.25) is 5.84 Å². The fourth-order valence-electron chi connectivity index (χ4n) is 2.02. The molecule has 3 N–H and O–H groups in total. The summed E-state index contributed by atoms with van der Waals surface area (Å²) in [7, 11) is 0. The van der Waals surface area contributed by atoms with E-state index in [1.165, 1.54) is 12.1 Å². The number of aromatic nitrogens is 2. The first-order valence-corrected chi connectivity index (χ1v) is 5.99. The second-order valence-corrected chi connectivity index (χ2v) is 4.13. The first-order chi connectivity index (χ1) is 8.76. The van der Waals surface area contributed by atoms with E-state index in [1.54, 1.807) is 12.3 Å². The molecule has 1 aromatic carbocycles. The molecule has 0 radical (unpaired) electrons. The summed E-state index contributed by atoms with van der Waals surface area (Å²) < 4.78 is 15.3. The summed E-state index contributed by atoms with van der Waals surface area (Å²) in [5.74, 6) is 6.11. The van der Waals surface area contributed by atoms with Gasteiger partial charge in [-0.15, -0.1) is 0 Å². The number of hydrazine groups is 1. The van der Waals surface area contributed by atoms with Crippen LogP contribution in [-0.2, 0) is 6.54 Å². The van der Waals surface area contributed by atoms with Crippen LogP contribution in [0.25, 0.3) is 0 Å². The lowest BCUT2D eigenvalue weighted by Gasteiger charge is -2.17. The maximum Gasteiger partial charge on any atom is 0.131 e. The molecule has 0 bridgehead atoms. The van der Waals surface area contributed by atoms with Gasteiger partial charge >= 0.3 is 0 Å². The Kier molecular flexibility index (Phi) is 4.07. The van der Waals surface area contributed by atoms with Crippen molar-refractivity contribution in [2.24, 2.45) is 5.84 Å². The summed E-state index contributed by atoms with van der Waals surface area (Å²) in [6.45, 7) is 2.96. The summed E-state index contributed by atoms with van der Waals surface area (Å²) in [5, 5.41) is 0. The Morgan fingerprint density at radius 1 is 1.50 bits per heavy atom. The van der Waals surface area contributed by atoms with Gasteiger partial charge in [-0.2, -0.15) is 0 Å². The SMILES string of the molecule is CCCn1ccnc1C(NN)c1cccc(F)c1. The lowest BCUT2D eigenvalue weighted by molar-refractivity contribution is 0.541. The molecule has 2 rings (SSSR count). The predicted octanol–water partition coefficient (Wildman–Crippen LogP) is 1.98. The lowest BCUT2D eigenvalue weighted by Crippen LogP contribution is -2.31. The van der Waals surface area contributed by atoms with Crippen molar-refractivity contribution in [2.75, 3.05) is 0 Å². The number of nitrogens with zero attached hydrogens (tertiary/aromatic N) is 2. The van der Waals surface area contributed by atoms with E-state index in [-0.39, 0.29) is 11.9 Å². The summed E-state index contributed by atoms with van der Waals surface area (Å²) in [5.41, 5.74) is 3.46. The fourth-order valence-corrected chi connectivity index (χ4v) is 2.02. The van der Waals surface area contributed by atoms with Gasteiger partial charge in [0, 0.05) is 18.9 Å². The molecule has 0 amide bonds. The largest absolute Gasteiger partial charge is 0.333 e. The van der Waals surface area contributed by atoms with E-state index < -0.39 is 0 Å². The van der Waals surface area contributed by atoms with Crippen molar-refractivity contribution in [2.45, 2.75) is 25.9 Å². The van der Waals surface area contributed by atoms with Crippen molar-refractivity contribution in [3.05, 3.63) is 53.9 Å². The smallest absolute Gasteiger partial charge is 0.131 e. The third kappa shape index (κ3) is 2.57. The highest BCUT2D eigenvalue weighted by atomic mass is 19.1. The Morgan fingerprint density at radius 3 is 3.00 bits per heavy atom. The maximum absolute atomic E-state index is 13.3. The molecule has 1 aromatic heterocycles. The van der Waals surface area contributed by atoms with Crippen molar-refractivity contribution < 1.29 is 4.39 Å². The fraction of sp³-hybridized carbons (Fsp3) is 0.308. The molecule has 0 aliphatic carbocycles. The van der Waals surface area contributed by atoms with Gasteiger partial charge in [0.05, 0.1) is 0 Å². The highest BCUT2D eigenvalue weighted by Crippen LogP contribution is 2.20. The lowest BCUT2D eigenvalue weighted by atomic mass is 10.1. The number of hydrogen-bond donors (Lipinski definition) is 2. The molecule has 1 atom stereocenters. The van der Waals surface area contributed by atoms with Crippen LogP contribution < -0.4 is 11.3 Å².